The highest BCUT2D eigenvalue weighted by Crippen LogP contribution is 2.38. The Balaban J connectivity index is 1.65. The van der Waals surface area contributed by atoms with Gasteiger partial charge in [-0.3, -0.25) is 0 Å². The maximum Gasteiger partial charge on any atom is 0.337 e. The van der Waals surface area contributed by atoms with E-state index in [2.05, 4.69) is 23.2 Å². The van der Waals surface area contributed by atoms with Crippen LogP contribution in [0.1, 0.15) is 27.0 Å². The number of carbonyl (C=O) groups is 1. The molecule has 0 atom stereocenters. The van der Waals surface area contributed by atoms with Gasteiger partial charge in [0, 0.05) is 24.2 Å². The first kappa shape index (κ1) is 21.6. The van der Waals surface area contributed by atoms with Crippen molar-refractivity contribution >= 4 is 22.6 Å². The monoisotopic (exact) mass is 456 g/mol. The number of esters is 1. The highest BCUT2D eigenvalue weighted by molar-refractivity contribution is 5.93. The molecular formula is C27H24N2O5. The van der Waals surface area contributed by atoms with Crippen LogP contribution in [0.3, 0.4) is 0 Å². The first-order valence-corrected chi connectivity index (χ1v) is 10.8. The van der Waals surface area contributed by atoms with Gasteiger partial charge in [0.1, 0.15) is 29.4 Å². The van der Waals surface area contributed by atoms with Crippen molar-refractivity contribution in [2.75, 3.05) is 21.3 Å². The Bertz CT molecular complexity index is 1420. The lowest BCUT2D eigenvalue weighted by Gasteiger charge is -2.13. The first-order valence-electron chi connectivity index (χ1n) is 10.8. The number of rotatable bonds is 5. The molecule has 1 aliphatic rings. The Labute approximate surface area is 197 Å². The van der Waals surface area contributed by atoms with Crippen LogP contribution in [0.25, 0.3) is 16.6 Å². The summed E-state index contributed by atoms with van der Waals surface area (Å²) in [4.78, 5) is 16.8. The lowest BCUT2D eigenvalue weighted by Crippen LogP contribution is -2.03. The van der Waals surface area contributed by atoms with Crippen molar-refractivity contribution in [3.05, 3.63) is 89.3 Å². The topological polar surface area (TPSA) is 71.8 Å². The highest BCUT2D eigenvalue weighted by atomic mass is 16.5. The molecule has 34 heavy (non-hydrogen) atoms. The number of ether oxygens (including phenoxy) is 4. The van der Waals surface area contributed by atoms with E-state index in [1.54, 1.807) is 26.6 Å². The number of carbonyl (C=O) groups excluding carboxylic acids is 1. The second kappa shape index (κ2) is 8.94. The molecule has 0 aliphatic carbocycles. The molecule has 2 heterocycles. The Morgan fingerprint density at radius 3 is 2.71 bits per heavy atom. The molecule has 0 radical (unpaired) electrons. The lowest BCUT2D eigenvalue weighted by molar-refractivity contribution is 0.0600. The van der Waals surface area contributed by atoms with Crippen molar-refractivity contribution in [3.63, 3.8) is 0 Å². The van der Waals surface area contributed by atoms with Gasteiger partial charge in [0.15, 0.2) is 0 Å². The zero-order valence-corrected chi connectivity index (χ0v) is 19.2. The fourth-order valence-corrected chi connectivity index (χ4v) is 4.26. The molecule has 0 spiro atoms. The molecule has 0 saturated heterocycles. The van der Waals surface area contributed by atoms with E-state index in [1.807, 2.05) is 41.0 Å². The van der Waals surface area contributed by atoms with E-state index in [0.717, 1.165) is 33.3 Å². The van der Waals surface area contributed by atoms with Crippen LogP contribution in [-0.2, 0) is 17.9 Å². The fraction of sp³-hybridized carbons (Fsp3) is 0.185. The minimum atomic E-state index is -0.389. The van der Waals surface area contributed by atoms with Crippen LogP contribution in [0.5, 0.6) is 17.2 Å². The molecule has 0 saturated carbocycles. The molecule has 1 aliphatic heterocycles. The van der Waals surface area contributed by atoms with Crippen molar-refractivity contribution in [1.29, 1.82) is 0 Å². The maximum absolute atomic E-state index is 12.2. The van der Waals surface area contributed by atoms with Crippen LogP contribution in [-0.4, -0.2) is 36.8 Å². The van der Waals surface area contributed by atoms with Gasteiger partial charge in [0.25, 0.3) is 0 Å². The minimum absolute atomic E-state index is 0.389. The summed E-state index contributed by atoms with van der Waals surface area (Å²) < 4.78 is 24.0. The summed E-state index contributed by atoms with van der Waals surface area (Å²) in [5.41, 5.74) is 6.08. The van der Waals surface area contributed by atoms with Crippen molar-refractivity contribution in [1.82, 2.24) is 9.55 Å². The number of hydrogen-bond donors (Lipinski definition) is 0. The van der Waals surface area contributed by atoms with Crippen molar-refractivity contribution in [2.24, 2.45) is 0 Å². The second-order valence-electron chi connectivity index (χ2n) is 7.86. The van der Waals surface area contributed by atoms with Crippen molar-refractivity contribution in [3.8, 4) is 17.2 Å². The van der Waals surface area contributed by atoms with Gasteiger partial charge in [-0.05, 0) is 34.9 Å². The molecule has 7 nitrogen and oxygen atoms in total. The van der Waals surface area contributed by atoms with E-state index < -0.39 is 0 Å². The second-order valence-corrected chi connectivity index (χ2v) is 7.86. The molecule has 7 heteroatoms. The Morgan fingerprint density at radius 1 is 1.06 bits per heavy atom. The summed E-state index contributed by atoms with van der Waals surface area (Å²) in [6.07, 6.45) is 3.91. The molecule has 3 aromatic carbocycles. The summed E-state index contributed by atoms with van der Waals surface area (Å²) in [5.74, 6) is 1.68. The van der Waals surface area contributed by atoms with E-state index in [9.17, 15) is 4.79 Å². The summed E-state index contributed by atoms with van der Waals surface area (Å²) in [5, 5.41) is 0. The van der Waals surface area contributed by atoms with Gasteiger partial charge in [0.2, 0.25) is 0 Å². The molecule has 5 rings (SSSR count). The van der Waals surface area contributed by atoms with Crippen LogP contribution in [0, 0.1) is 0 Å². The van der Waals surface area contributed by atoms with Crippen LogP contribution in [0.4, 0.5) is 0 Å². The molecule has 0 N–H and O–H groups in total. The third kappa shape index (κ3) is 3.75. The van der Waals surface area contributed by atoms with Crippen molar-refractivity contribution < 1.29 is 23.7 Å². The SMILES string of the molecule is COC(=O)c1ccc2c(c1)/C(=C/Cn1cnc3c(OC)cc(OC)cc31)c1ccccc1CO2. The molecule has 4 aromatic rings. The van der Waals surface area contributed by atoms with Gasteiger partial charge in [-0.25, -0.2) is 9.78 Å². The van der Waals surface area contributed by atoms with Gasteiger partial charge in [-0.15, -0.1) is 0 Å². The Hall–Kier alpha value is -4.26. The van der Waals surface area contributed by atoms with E-state index in [4.69, 9.17) is 18.9 Å². The standard InChI is InChI=1S/C27H24N2O5/c1-31-19-13-23-26(25(14-19)32-2)28-16-29(23)11-10-21-20-7-5-4-6-18(20)15-34-24-9-8-17(12-22(21)24)27(30)33-3/h4-10,12-14,16H,11,15H2,1-3H3/b21-10+. The fourth-order valence-electron chi connectivity index (χ4n) is 4.26. The number of nitrogens with zero attached hydrogens (tertiary/aromatic N) is 2. The van der Waals surface area contributed by atoms with Crippen LogP contribution >= 0.6 is 0 Å². The number of allylic oxidation sites excluding steroid dienone is 1. The summed E-state index contributed by atoms with van der Waals surface area (Å²) in [6, 6.07) is 17.3. The van der Waals surface area contributed by atoms with Crippen LogP contribution in [0.15, 0.2) is 67.0 Å². The zero-order valence-electron chi connectivity index (χ0n) is 19.2. The average molecular weight is 456 g/mol. The third-order valence-corrected chi connectivity index (χ3v) is 5.99. The minimum Gasteiger partial charge on any atom is -0.497 e. The van der Waals surface area contributed by atoms with Gasteiger partial charge < -0.3 is 23.5 Å². The Morgan fingerprint density at radius 2 is 1.91 bits per heavy atom. The van der Waals surface area contributed by atoms with E-state index in [-0.39, 0.29) is 5.97 Å². The predicted octanol–water partition coefficient (Wildman–Crippen LogP) is 4.86. The lowest BCUT2D eigenvalue weighted by atomic mass is 9.93. The Kier molecular flexibility index (Phi) is 5.67. The molecule has 0 bridgehead atoms. The van der Waals surface area contributed by atoms with Gasteiger partial charge in [0.05, 0.1) is 38.7 Å². The summed E-state index contributed by atoms with van der Waals surface area (Å²) >= 11 is 0. The van der Waals surface area contributed by atoms with Crippen molar-refractivity contribution in [2.45, 2.75) is 13.2 Å². The van der Waals surface area contributed by atoms with Gasteiger partial charge in [-0.2, -0.15) is 0 Å². The highest BCUT2D eigenvalue weighted by Gasteiger charge is 2.21. The number of methoxy groups -OCH3 is 3. The van der Waals surface area contributed by atoms with Crippen LogP contribution in [0.2, 0.25) is 0 Å². The number of hydrogen-bond acceptors (Lipinski definition) is 6. The maximum atomic E-state index is 12.2. The molecular weight excluding hydrogens is 432 g/mol. The first-order chi connectivity index (χ1) is 16.6. The molecule has 0 unspecified atom stereocenters. The zero-order chi connectivity index (χ0) is 23.7. The largest absolute Gasteiger partial charge is 0.497 e. The molecule has 0 amide bonds. The third-order valence-electron chi connectivity index (χ3n) is 5.99. The number of imidazole rings is 1. The molecule has 0 fully saturated rings. The average Bonchev–Trinajstić information content (AvgIpc) is 3.22. The molecule has 1 aromatic heterocycles. The molecule has 172 valence electrons. The van der Waals surface area contributed by atoms with E-state index >= 15 is 0 Å². The van der Waals surface area contributed by atoms with Gasteiger partial charge in [-0.1, -0.05) is 30.3 Å². The number of fused-ring (bicyclic) bond motifs is 3. The summed E-state index contributed by atoms with van der Waals surface area (Å²) in [6.45, 7) is 0.985. The van der Waals surface area contributed by atoms with E-state index in [1.165, 1.54) is 7.11 Å². The summed E-state index contributed by atoms with van der Waals surface area (Å²) in [7, 11) is 4.62. The van der Waals surface area contributed by atoms with E-state index in [0.29, 0.717) is 36.0 Å². The number of benzene rings is 3. The number of aromatic nitrogens is 2. The van der Waals surface area contributed by atoms with Crippen LogP contribution < -0.4 is 14.2 Å². The quantitative estimate of drug-likeness (QED) is 0.399. The predicted molar refractivity (Wildman–Crippen MR) is 128 cm³/mol. The van der Waals surface area contributed by atoms with Gasteiger partial charge >= 0.3 is 5.97 Å². The normalized spacial score (nSPS) is 13.6. The smallest absolute Gasteiger partial charge is 0.337 e.